The molecule has 3 aromatic carbocycles. The summed E-state index contributed by atoms with van der Waals surface area (Å²) in [6, 6.07) is 25.7. The SMILES string of the molecule is CS(=O)(=O)Cc1ccc(C(=O)NN=C(c2ccccc2)c2ccccc2)cc1. The monoisotopic (exact) mass is 392 g/mol. The van der Waals surface area contributed by atoms with Crippen LogP contribution in [0.3, 0.4) is 0 Å². The van der Waals surface area contributed by atoms with Crippen LogP contribution >= 0.6 is 0 Å². The Morgan fingerprint density at radius 3 is 1.75 bits per heavy atom. The van der Waals surface area contributed by atoms with Gasteiger partial charge in [0.1, 0.15) is 0 Å². The molecule has 0 fully saturated rings. The Kier molecular flexibility index (Phi) is 6.01. The summed E-state index contributed by atoms with van der Waals surface area (Å²) in [5.74, 6) is -0.422. The molecule has 0 radical (unpaired) electrons. The van der Waals surface area contributed by atoms with Gasteiger partial charge in [-0.15, -0.1) is 0 Å². The number of nitrogens with one attached hydrogen (secondary N) is 1. The third-order valence-corrected chi connectivity index (χ3v) is 4.87. The van der Waals surface area contributed by atoms with Gasteiger partial charge >= 0.3 is 0 Å². The Morgan fingerprint density at radius 2 is 1.29 bits per heavy atom. The molecule has 0 aliphatic heterocycles. The van der Waals surface area contributed by atoms with Gasteiger partial charge in [-0.1, -0.05) is 72.8 Å². The van der Waals surface area contributed by atoms with Gasteiger partial charge in [0.05, 0.1) is 11.5 Å². The number of nitrogens with zero attached hydrogens (tertiary/aromatic N) is 1. The van der Waals surface area contributed by atoms with Crippen LogP contribution in [0.4, 0.5) is 0 Å². The van der Waals surface area contributed by atoms with Gasteiger partial charge in [-0.05, 0) is 17.7 Å². The summed E-state index contributed by atoms with van der Waals surface area (Å²) in [6.45, 7) is 0. The van der Waals surface area contributed by atoms with Crippen molar-refractivity contribution in [2.45, 2.75) is 5.75 Å². The van der Waals surface area contributed by atoms with Crippen LogP contribution < -0.4 is 5.43 Å². The quantitative estimate of drug-likeness (QED) is 0.516. The van der Waals surface area contributed by atoms with Gasteiger partial charge in [-0.2, -0.15) is 5.10 Å². The number of carbonyl (C=O) groups is 1. The van der Waals surface area contributed by atoms with E-state index in [1.807, 2.05) is 60.7 Å². The van der Waals surface area contributed by atoms with Gasteiger partial charge in [-0.25, -0.2) is 13.8 Å². The first kappa shape index (κ1) is 19.5. The largest absolute Gasteiger partial charge is 0.271 e. The van der Waals surface area contributed by atoms with Crippen LogP contribution in [-0.2, 0) is 15.6 Å². The van der Waals surface area contributed by atoms with Gasteiger partial charge in [0, 0.05) is 22.9 Å². The van der Waals surface area contributed by atoms with Gasteiger partial charge in [0.25, 0.3) is 5.91 Å². The molecule has 6 heteroatoms. The first-order valence-corrected chi connectivity index (χ1v) is 10.7. The van der Waals surface area contributed by atoms with E-state index in [0.29, 0.717) is 16.8 Å². The van der Waals surface area contributed by atoms with E-state index in [2.05, 4.69) is 10.5 Å². The second-order valence-electron chi connectivity index (χ2n) is 6.40. The molecule has 28 heavy (non-hydrogen) atoms. The molecule has 0 spiro atoms. The average Bonchev–Trinajstić information content (AvgIpc) is 2.69. The molecule has 0 saturated heterocycles. The average molecular weight is 392 g/mol. The third-order valence-electron chi connectivity index (χ3n) is 4.01. The molecule has 0 bridgehead atoms. The van der Waals surface area contributed by atoms with Crippen LogP contribution in [0.5, 0.6) is 0 Å². The van der Waals surface area contributed by atoms with E-state index < -0.39 is 9.84 Å². The fraction of sp³-hybridized carbons (Fsp3) is 0.0909. The standard InChI is InChI=1S/C22H20N2O3S/c1-28(26,27)16-17-12-14-20(15-13-17)22(25)24-23-21(18-8-4-2-5-9-18)19-10-6-3-7-11-19/h2-15H,16H2,1H3,(H,24,25). The topological polar surface area (TPSA) is 75.6 Å². The van der Waals surface area contributed by atoms with Crippen LogP contribution in [0.25, 0.3) is 0 Å². The van der Waals surface area contributed by atoms with E-state index in [0.717, 1.165) is 11.1 Å². The van der Waals surface area contributed by atoms with Crippen molar-refractivity contribution in [3.63, 3.8) is 0 Å². The van der Waals surface area contributed by atoms with Gasteiger partial charge in [0.2, 0.25) is 0 Å². The maximum Gasteiger partial charge on any atom is 0.271 e. The normalized spacial score (nSPS) is 10.9. The van der Waals surface area contributed by atoms with Crippen LogP contribution in [-0.4, -0.2) is 26.3 Å². The van der Waals surface area contributed by atoms with Gasteiger partial charge in [0.15, 0.2) is 9.84 Å². The first-order valence-electron chi connectivity index (χ1n) is 8.68. The predicted octanol–water partition coefficient (Wildman–Crippen LogP) is 3.41. The molecule has 0 aromatic heterocycles. The Hall–Kier alpha value is -3.25. The summed E-state index contributed by atoms with van der Waals surface area (Å²) in [5.41, 5.74) is 6.06. The highest BCUT2D eigenvalue weighted by Gasteiger charge is 2.10. The first-order chi connectivity index (χ1) is 13.4. The van der Waals surface area contributed by atoms with Crippen molar-refractivity contribution in [1.29, 1.82) is 0 Å². The van der Waals surface area contributed by atoms with Crippen LogP contribution in [0.1, 0.15) is 27.0 Å². The number of carbonyl (C=O) groups excluding carboxylic acids is 1. The Balaban J connectivity index is 1.82. The molecule has 5 nitrogen and oxygen atoms in total. The van der Waals surface area contributed by atoms with E-state index in [-0.39, 0.29) is 11.7 Å². The lowest BCUT2D eigenvalue weighted by Crippen LogP contribution is -2.20. The molecule has 1 N–H and O–H groups in total. The van der Waals surface area contributed by atoms with Crippen molar-refractivity contribution < 1.29 is 13.2 Å². The van der Waals surface area contributed by atoms with Crippen molar-refractivity contribution in [1.82, 2.24) is 5.43 Å². The molecular formula is C22H20N2O3S. The molecule has 3 aromatic rings. The van der Waals surface area contributed by atoms with Crippen molar-refractivity contribution in [3.8, 4) is 0 Å². The minimum absolute atomic E-state index is 0.0563. The molecule has 0 aliphatic rings. The lowest BCUT2D eigenvalue weighted by molar-refractivity contribution is 0.0955. The highest BCUT2D eigenvalue weighted by atomic mass is 32.2. The van der Waals surface area contributed by atoms with Gasteiger partial charge in [-0.3, -0.25) is 4.79 Å². The lowest BCUT2D eigenvalue weighted by atomic mass is 10.0. The number of hydrogen-bond acceptors (Lipinski definition) is 4. The zero-order valence-corrected chi connectivity index (χ0v) is 16.2. The van der Waals surface area contributed by atoms with Crippen LogP contribution in [0.15, 0.2) is 90.0 Å². The minimum Gasteiger partial charge on any atom is -0.267 e. The third kappa shape index (κ3) is 5.37. The van der Waals surface area contributed by atoms with Crippen LogP contribution in [0, 0.1) is 0 Å². The zero-order chi connectivity index (χ0) is 20.0. The Morgan fingerprint density at radius 1 is 0.786 bits per heavy atom. The fourth-order valence-corrected chi connectivity index (χ4v) is 3.51. The molecule has 0 unspecified atom stereocenters. The summed E-state index contributed by atoms with van der Waals surface area (Å²) < 4.78 is 22.7. The van der Waals surface area contributed by atoms with Crippen LogP contribution in [0.2, 0.25) is 0 Å². The highest BCUT2D eigenvalue weighted by Crippen LogP contribution is 2.11. The number of amides is 1. The number of hydrogen-bond donors (Lipinski definition) is 1. The Bertz CT molecular complexity index is 1030. The molecular weight excluding hydrogens is 372 g/mol. The van der Waals surface area contributed by atoms with Crippen molar-refractivity contribution in [3.05, 3.63) is 107 Å². The zero-order valence-electron chi connectivity index (χ0n) is 15.4. The van der Waals surface area contributed by atoms with Gasteiger partial charge < -0.3 is 0 Å². The maximum atomic E-state index is 12.5. The molecule has 3 rings (SSSR count). The van der Waals surface area contributed by atoms with Crippen molar-refractivity contribution in [2.75, 3.05) is 6.26 Å². The van der Waals surface area contributed by atoms with E-state index in [4.69, 9.17) is 0 Å². The molecule has 142 valence electrons. The number of rotatable bonds is 6. The maximum absolute atomic E-state index is 12.5. The molecule has 0 saturated carbocycles. The Labute approximate surface area is 164 Å². The lowest BCUT2D eigenvalue weighted by Gasteiger charge is -2.08. The molecule has 0 atom stereocenters. The molecule has 1 amide bonds. The van der Waals surface area contributed by atoms with E-state index in [9.17, 15) is 13.2 Å². The summed E-state index contributed by atoms with van der Waals surface area (Å²) in [6.07, 6.45) is 1.18. The molecule has 0 heterocycles. The van der Waals surface area contributed by atoms with E-state index >= 15 is 0 Å². The predicted molar refractivity (Wildman–Crippen MR) is 111 cm³/mol. The van der Waals surface area contributed by atoms with Crippen molar-refractivity contribution >= 4 is 21.5 Å². The summed E-state index contributed by atoms with van der Waals surface area (Å²) in [7, 11) is -3.12. The van der Waals surface area contributed by atoms with E-state index in [1.165, 1.54) is 6.26 Å². The number of benzene rings is 3. The summed E-state index contributed by atoms with van der Waals surface area (Å²) in [5, 5.41) is 4.34. The van der Waals surface area contributed by atoms with E-state index in [1.54, 1.807) is 24.3 Å². The highest BCUT2D eigenvalue weighted by molar-refractivity contribution is 7.89. The second-order valence-corrected chi connectivity index (χ2v) is 8.54. The number of sulfone groups is 1. The smallest absolute Gasteiger partial charge is 0.267 e. The summed E-state index contributed by atoms with van der Waals surface area (Å²) >= 11 is 0. The summed E-state index contributed by atoms with van der Waals surface area (Å²) in [4.78, 5) is 12.5. The second kappa shape index (κ2) is 8.63. The fourth-order valence-electron chi connectivity index (χ4n) is 2.71. The minimum atomic E-state index is -3.12. The number of hydrazone groups is 1. The molecule has 0 aliphatic carbocycles. The van der Waals surface area contributed by atoms with Crippen molar-refractivity contribution in [2.24, 2.45) is 5.10 Å².